The average Bonchev–Trinajstić information content (AvgIpc) is 1.31. The van der Waals surface area contributed by atoms with Crippen molar-refractivity contribution in [3.8, 4) is 67.5 Å². The number of pyridine rings is 1. The summed E-state index contributed by atoms with van der Waals surface area (Å²) in [7, 11) is 4.29. The quantitative estimate of drug-likeness (QED) is 0.128. The Morgan fingerprint density at radius 3 is 1.80 bits per heavy atom. The number of hydrogen-bond acceptors (Lipinski definition) is 2. The molecular formula is C66H76N3OPt+. The van der Waals surface area contributed by atoms with E-state index in [1.807, 2.05) is 42.5 Å². The molecule has 2 heterocycles. The van der Waals surface area contributed by atoms with Gasteiger partial charge in [-0.2, -0.15) is 0 Å². The Kier molecular flexibility index (Phi) is 10.0. The van der Waals surface area contributed by atoms with Crippen LogP contribution >= 0.6 is 0 Å². The third-order valence-electron chi connectivity index (χ3n) is 14.3. The molecule has 0 atom stereocenters. The molecule has 0 radical (unpaired) electrons. The summed E-state index contributed by atoms with van der Waals surface area (Å²) in [6, 6.07) is 34.1. The van der Waals surface area contributed by atoms with Crippen LogP contribution in [0.3, 0.4) is 0 Å². The molecule has 71 heavy (non-hydrogen) atoms. The Labute approximate surface area is 459 Å². The summed E-state index contributed by atoms with van der Waals surface area (Å²) in [4.78, 5) is 5.64. The first-order chi connectivity index (χ1) is 37.9. The maximum absolute atomic E-state index is 12.7. The van der Waals surface area contributed by atoms with Gasteiger partial charge in [-0.25, -0.2) is 4.98 Å². The third-order valence-corrected chi connectivity index (χ3v) is 14.3. The smallest absolute Gasteiger partial charge is 0.507 e. The molecule has 2 aromatic heterocycles. The monoisotopic (exact) mass is 1130 g/mol. The second-order valence-corrected chi connectivity index (χ2v) is 23.6. The standard InChI is InChI=1S/C66H76N3O.Pt/c1-61(2,3)47-29-27-42(28-30-47)44-33-34-68(18)57(38-44)46-35-45(36-49(37-46)62(4,5)6)51-25-22-26-56-58(51)67-60(53-40-50(63(7,8)9)41-54(59(53)70)64(10,11)12)69(56)55-32-31-48(66(16,17)65(13,14)15)39-52(55)43-23-20-19-21-24-43;/h19-34,36-41,70H,18H2,1-17H3;/q-1;+2/i1D3,2D3,3D3,27D,28D,29D,30D;. The van der Waals surface area contributed by atoms with Gasteiger partial charge in [-0.1, -0.05) is 207 Å². The minimum absolute atomic E-state index is 0. The largest absolute Gasteiger partial charge is 2.00 e. The second-order valence-electron chi connectivity index (χ2n) is 23.6. The number of phenolic OH excluding ortho intramolecular Hbond substituents is 1. The molecule has 370 valence electrons. The Hall–Kier alpha value is -5.70. The van der Waals surface area contributed by atoms with Crippen LogP contribution in [0, 0.1) is 18.5 Å². The average molecular weight is 1140 g/mol. The van der Waals surface area contributed by atoms with Gasteiger partial charge < -0.3 is 9.67 Å². The molecule has 4 nitrogen and oxygen atoms in total. The van der Waals surface area contributed by atoms with Crippen molar-refractivity contribution in [1.29, 1.82) is 0 Å². The molecule has 0 aliphatic carbocycles. The van der Waals surface area contributed by atoms with Crippen LogP contribution in [0.4, 0.5) is 0 Å². The predicted octanol–water partition coefficient (Wildman–Crippen LogP) is 17.3. The van der Waals surface area contributed by atoms with Gasteiger partial charge >= 0.3 is 21.1 Å². The van der Waals surface area contributed by atoms with Gasteiger partial charge in [-0.3, -0.25) is 4.57 Å². The SMILES string of the molecule is [2H]c1c([2H])c(C(C([2H])([2H])[2H])(C([2H])([2H])[2H])C([2H])([2H])[2H])c([2H])c([2H])c1-c1cc[n+]([CH2-])c(-c2[c-]c(-c3cccc4c3nc(-c3cc(C(C)(C)C)cc(C(C)(C)C)c3O)n4-c3ccc(C(C)(C)C(C)(C)C)cc3-c3ccccc3)cc(C(C)(C)C)c2)c1.[Pt+2]. The number of imidazole rings is 1. The van der Waals surface area contributed by atoms with Crippen LogP contribution in [0.5, 0.6) is 5.75 Å². The van der Waals surface area contributed by atoms with E-state index in [2.05, 4.69) is 163 Å². The Morgan fingerprint density at radius 2 is 1.20 bits per heavy atom. The summed E-state index contributed by atoms with van der Waals surface area (Å²) in [6.07, 6.45) is 1.57. The van der Waals surface area contributed by atoms with E-state index < -0.39 is 66.5 Å². The summed E-state index contributed by atoms with van der Waals surface area (Å²) in [5, 5.41) is 12.7. The van der Waals surface area contributed by atoms with Crippen LogP contribution in [0.1, 0.15) is 163 Å². The number of nitrogens with zero attached hydrogens (tertiary/aromatic N) is 3. The van der Waals surface area contributed by atoms with Crippen molar-refractivity contribution < 1.29 is 48.6 Å². The molecule has 0 amide bonds. The van der Waals surface area contributed by atoms with E-state index in [0.29, 0.717) is 39.3 Å². The van der Waals surface area contributed by atoms with Crippen LogP contribution in [0.2, 0.25) is 0 Å². The van der Waals surface area contributed by atoms with Gasteiger partial charge in [0.05, 0.1) is 34.0 Å². The molecule has 8 rings (SSSR count). The van der Waals surface area contributed by atoms with E-state index in [1.54, 1.807) is 16.8 Å². The van der Waals surface area contributed by atoms with Crippen molar-refractivity contribution in [2.24, 2.45) is 5.41 Å². The zero-order chi connectivity index (χ0) is 62.1. The number of hydrogen-bond donors (Lipinski definition) is 1. The number of benzene rings is 6. The van der Waals surface area contributed by atoms with E-state index in [0.717, 1.165) is 44.6 Å². The number of aromatic nitrogens is 3. The Bertz CT molecular complexity index is 3780. The fourth-order valence-electron chi connectivity index (χ4n) is 8.80. The van der Waals surface area contributed by atoms with Gasteiger partial charge in [0.25, 0.3) is 0 Å². The van der Waals surface area contributed by atoms with Crippen molar-refractivity contribution in [1.82, 2.24) is 9.55 Å². The summed E-state index contributed by atoms with van der Waals surface area (Å²) in [5.74, 6) is 0.651. The summed E-state index contributed by atoms with van der Waals surface area (Å²) >= 11 is 0. The molecule has 8 aromatic rings. The number of aromatic hydroxyl groups is 1. The molecular weight excluding hydrogens is 1050 g/mol. The van der Waals surface area contributed by atoms with Crippen molar-refractivity contribution >= 4 is 11.0 Å². The second kappa shape index (κ2) is 18.7. The Balaban J connectivity index is 0.0000101. The molecule has 0 unspecified atom stereocenters. The predicted molar refractivity (Wildman–Crippen MR) is 297 cm³/mol. The number of phenols is 1. The van der Waals surface area contributed by atoms with E-state index in [-0.39, 0.29) is 54.2 Å². The van der Waals surface area contributed by atoms with Crippen LogP contribution in [-0.4, -0.2) is 14.7 Å². The van der Waals surface area contributed by atoms with Gasteiger partial charge in [0.1, 0.15) is 17.3 Å². The van der Waals surface area contributed by atoms with Gasteiger partial charge in [0.15, 0.2) is 0 Å². The maximum Gasteiger partial charge on any atom is 2.00 e. The molecule has 0 bridgehead atoms. The summed E-state index contributed by atoms with van der Waals surface area (Å²) in [6.45, 7) is 18.8. The number of rotatable bonds is 7. The molecule has 0 aliphatic heterocycles. The van der Waals surface area contributed by atoms with Gasteiger partial charge in [0.2, 0.25) is 0 Å². The van der Waals surface area contributed by atoms with E-state index in [4.69, 9.17) is 20.1 Å². The maximum atomic E-state index is 12.7. The van der Waals surface area contributed by atoms with Crippen molar-refractivity contribution in [3.63, 3.8) is 0 Å². The van der Waals surface area contributed by atoms with Crippen LogP contribution in [0.15, 0.2) is 133 Å². The molecule has 0 spiro atoms. The minimum atomic E-state index is -3.82. The van der Waals surface area contributed by atoms with Gasteiger partial charge in [0, 0.05) is 30.5 Å². The van der Waals surface area contributed by atoms with Crippen LogP contribution in [-0.2, 0) is 48.1 Å². The third kappa shape index (κ3) is 10.3. The molecule has 0 saturated carbocycles. The fourth-order valence-corrected chi connectivity index (χ4v) is 8.80. The Morgan fingerprint density at radius 1 is 0.577 bits per heavy atom. The first-order valence-corrected chi connectivity index (χ1v) is 24.0. The number of para-hydroxylation sites is 1. The zero-order valence-electron chi connectivity index (χ0n) is 56.7. The molecule has 0 fully saturated rings. The first kappa shape index (κ1) is 38.0. The van der Waals surface area contributed by atoms with Crippen molar-refractivity contribution in [2.75, 3.05) is 0 Å². The molecule has 0 saturated heterocycles. The fraction of sp³-hybridized carbons (Fsp3) is 0.348. The summed E-state index contributed by atoms with van der Waals surface area (Å²) in [5.41, 5.74) is 4.16. The first-order valence-electron chi connectivity index (χ1n) is 30.5. The van der Waals surface area contributed by atoms with E-state index >= 15 is 0 Å². The van der Waals surface area contributed by atoms with Crippen LogP contribution in [0.25, 0.3) is 72.7 Å². The summed E-state index contributed by atoms with van der Waals surface area (Å²) < 4.78 is 115. The normalized spacial score (nSPS) is 16.1. The molecule has 1 N–H and O–H groups in total. The van der Waals surface area contributed by atoms with E-state index in [1.165, 1.54) is 6.07 Å². The zero-order valence-corrected chi connectivity index (χ0v) is 46.0. The molecule has 6 aromatic carbocycles. The minimum Gasteiger partial charge on any atom is -0.507 e. The van der Waals surface area contributed by atoms with Crippen molar-refractivity contribution in [2.45, 2.75) is 145 Å². The van der Waals surface area contributed by atoms with Crippen LogP contribution < -0.4 is 4.57 Å². The van der Waals surface area contributed by atoms with Crippen molar-refractivity contribution in [3.05, 3.63) is 174 Å². The van der Waals surface area contributed by atoms with Gasteiger partial charge in [-0.15, -0.1) is 29.3 Å². The topological polar surface area (TPSA) is 41.9 Å². The van der Waals surface area contributed by atoms with E-state index in [9.17, 15) is 7.85 Å². The molecule has 0 aliphatic rings. The number of fused-ring (bicyclic) bond motifs is 1. The van der Waals surface area contributed by atoms with Gasteiger partial charge in [-0.05, 0) is 102 Å². The molecule has 5 heteroatoms.